The van der Waals surface area contributed by atoms with E-state index in [9.17, 15) is 22.8 Å². The van der Waals surface area contributed by atoms with Crippen molar-refractivity contribution in [1.29, 1.82) is 0 Å². The van der Waals surface area contributed by atoms with Gasteiger partial charge in [-0.25, -0.2) is 8.42 Å². The lowest BCUT2D eigenvalue weighted by molar-refractivity contribution is -0.120. The highest BCUT2D eigenvalue weighted by atomic mass is 32.2. The number of carbonyl (C=O) groups excluding carboxylic acids is 3. The van der Waals surface area contributed by atoms with Crippen LogP contribution < -0.4 is 10.6 Å². The molecule has 2 aliphatic rings. The molecule has 2 aromatic carbocycles. The van der Waals surface area contributed by atoms with Gasteiger partial charge in [-0.1, -0.05) is 18.2 Å². The van der Waals surface area contributed by atoms with E-state index in [2.05, 4.69) is 10.6 Å². The molecule has 0 aromatic heterocycles. The standard InChI is InChI=1S/C20H19N3O5S/c24-18(21-14-8-9-16-17(11-14)20(26)22-19(16)25)13-5-4-10-23(12-13)29(27,28)15-6-2-1-3-7-15/h1-3,6-9,11,13H,4-5,10,12H2,(H,21,24)(H,22,25,26). The zero-order chi connectivity index (χ0) is 20.6. The number of fused-ring (bicyclic) bond motifs is 1. The molecule has 150 valence electrons. The van der Waals surface area contributed by atoms with E-state index in [0.717, 1.165) is 0 Å². The maximum absolute atomic E-state index is 12.8. The lowest BCUT2D eigenvalue weighted by Gasteiger charge is -2.31. The maximum Gasteiger partial charge on any atom is 0.259 e. The van der Waals surface area contributed by atoms with Gasteiger partial charge in [0.2, 0.25) is 15.9 Å². The van der Waals surface area contributed by atoms with Gasteiger partial charge in [0.25, 0.3) is 11.8 Å². The number of hydrogen-bond acceptors (Lipinski definition) is 5. The molecule has 2 aliphatic heterocycles. The first-order valence-electron chi connectivity index (χ1n) is 9.22. The number of benzene rings is 2. The van der Waals surface area contributed by atoms with Gasteiger partial charge in [-0.15, -0.1) is 0 Å². The van der Waals surface area contributed by atoms with Crippen LogP contribution in [0.5, 0.6) is 0 Å². The summed E-state index contributed by atoms with van der Waals surface area (Å²) in [5, 5.41) is 4.94. The third-order valence-electron chi connectivity index (χ3n) is 5.14. The first-order chi connectivity index (χ1) is 13.9. The minimum Gasteiger partial charge on any atom is -0.326 e. The molecular formula is C20H19N3O5S. The van der Waals surface area contributed by atoms with Crippen molar-refractivity contribution in [3.05, 3.63) is 59.7 Å². The molecule has 0 radical (unpaired) electrons. The van der Waals surface area contributed by atoms with Crippen molar-refractivity contribution in [2.45, 2.75) is 17.7 Å². The van der Waals surface area contributed by atoms with E-state index in [4.69, 9.17) is 0 Å². The highest BCUT2D eigenvalue weighted by molar-refractivity contribution is 7.89. The Labute approximate surface area is 168 Å². The largest absolute Gasteiger partial charge is 0.326 e. The molecule has 0 aliphatic carbocycles. The molecule has 0 spiro atoms. The van der Waals surface area contributed by atoms with Gasteiger partial charge < -0.3 is 5.32 Å². The van der Waals surface area contributed by atoms with E-state index in [1.807, 2.05) is 0 Å². The van der Waals surface area contributed by atoms with Crippen LogP contribution in [-0.4, -0.2) is 43.5 Å². The number of nitrogens with one attached hydrogen (secondary N) is 2. The summed E-state index contributed by atoms with van der Waals surface area (Å²) in [6.45, 7) is 0.453. The van der Waals surface area contributed by atoms with E-state index in [1.54, 1.807) is 24.3 Å². The Balaban J connectivity index is 1.48. The van der Waals surface area contributed by atoms with Crippen LogP contribution in [0.15, 0.2) is 53.4 Å². The van der Waals surface area contributed by atoms with Crippen LogP contribution in [0.4, 0.5) is 5.69 Å². The predicted molar refractivity (Wildman–Crippen MR) is 105 cm³/mol. The third-order valence-corrected chi connectivity index (χ3v) is 7.02. The number of rotatable bonds is 4. The van der Waals surface area contributed by atoms with Crippen LogP contribution >= 0.6 is 0 Å². The highest BCUT2D eigenvalue weighted by Gasteiger charge is 2.33. The number of nitrogens with zero attached hydrogens (tertiary/aromatic N) is 1. The van der Waals surface area contributed by atoms with Crippen LogP contribution in [0.1, 0.15) is 33.6 Å². The fraction of sp³-hybridized carbons (Fsp3) is 0.250. The monoisotopic (exact) mass is 413 g/mol. The maximum atomic E-state index is 12.8. The van der Waals surface area contributed by atoms with Crippen LogP contribution in [-0.2, 0) is 14.8 Å². The third kappa shape index (κ3) is 3.66. The predicted octanol–water partition coefficient (Wildman–Crippen LogP) is 1.61. The number of anilines is 1. The molecule has 2 aromatic rings. The summed E-state index contributed by atoms with van der Waals surface area (Å²) in [5.41, 5.74) is 0.872. The van der Waals surface area contributed by atoms with E-state index >= 15 is 0 Å². The Bertz CT molecular complexity index is 1100. The number of imide groups is 1. The van der Waals surface area contributed by atoms with E-state index in [0.29, 0.717) is 25.1 Å². The first kappa shape index (κ1) is 19.3. The Morgan fingerprint density at radius 1 is 1.03 bits per heavy atom. The average molecular weight is 413 g/mol. The summed E-state index contributed by atoms with van der Waals surface area (Å²) >= 11 is 0. The zero-order valence-corrected chi connectivity index (χ0v) is 16.2. The Hall–Kier alpha value is -3.04. The number of carbonyl (C=O) groups is 3. The molecule has 2 heterocycles. The molecular weight excluding hydrogens is 394 g/mol. The molecule has 2 N–H and O–H groups in total. The lowest BCUT2D eigenvalue weighted by atomic mass is 9.98. The van der Waals surface area contributed by atoms with Crippen molar-refractivity contribution >= 4 is 33.4 Å². The molecule has 9 heteroatoms. The van der Waals surface area contributed by atoms with Crippen molar-refractivity contribution < 1.29 is 22.8 Å². The van der Waals surface area contributed by atoms with Crippen molar-refractivity contribution in [3.63, 3.8) is 0 Å². The van der Waals surface area contributed by atoms with Gasteiger partial charge in [0.1, 0.15) is 0 Å². The number of piperidine rings is 1. The second kappa shape index (κ2) is 7.41. The van der Waals surface area contributed by atoms with Gasteiger partial charge in [-0.3, -0.25) is 19.7 Å². The number of amides is 3. The van der Waals surface area contributed by atoms with Gasteiger partial charge in [0, 0.05) is 18.8 Å². The number of hydrogen-bond donors (Lipinski definition) is 2. The fourth-order valence-corrected chi connectivity index (χ4v) is 5.15. The van der Waals surface area contributed by atoms with Gasteiger partial charge in [0.05, 0.1) is 21.9 Å². The average Bonchev–Trinajstić information content (AvgIpc) is 3.02. The topological polar surface area (TPSA) is 113 Å². The van der Waals surface area contributed by atoms with Gasteiger partial charge in [0.15, 0.2) is 0 Å². The van der Waals surface area contributed by atoms with Crippen LogP contribution in [0.3, 0.4) is 0 Å². The molecule has 1 unspecified atom stereocenters. The molecule has 3 amide bonds. The molecule has 0 bridgehead atoms. The molecule has 1 atom stereocenters. The van der Waals surface area contributed by atoms with E-state index < -0.39 is 27.8 Å². The fourth-order valence-electron chi connectivity index (χ4n) is 3.61. The van der Waals surface area contributed by atoms with Crippen molar-refractivity contribution in [3.8, 4) is 0 Å². The molecule has 1 fully saturated rings. The van der Waals surface area contributed by atoms with E-state index in [-0.39, 0.29) is 28.5 Å². The summed E-state index contributed by atoms with van der Waals surface area (Å²) in [5.74, 6) is -1.79. The highest BCUT2D eigenvalue weighted by Crippen LogP contribution is 2.26. The summed E-state index contributed by atoms with van der Waals surface area (Å²) in [7, 11) is -3.66. The van der Waals surface area contributed by atoms with Crippen molar-refractivity contribution in [1.82, 2.24) is 9.62 Å². The van der Waals surface area contributed by atoms with Crippen LogP contribution in [0, 0.1) is 5.92 Å². The number of sulfonamides is 1. The zero-order valence-electron chi connectivity index (χ0n) is 15.4. The summed E-state index contributed by atoms with van der Waals surface area (Å²) < 4.78 is 27.0. The summed E-state index contributed by atoms with van der Waals surface area (Å²) in [6.07, 6.45) is 1.14. The normalized spacial score (nSPS) is 19.5. The van der Waals surface area contributed by atoms with Crippen molar-refractivity contribution in [2.24, 2.45) is 5.92 Å². The lowest BCUT2D eigenvalue weighted by Crippen LogP contribution is -2.43. The molecule has 1 saturated heterocycles. The summed E-state index contributed by atoms with van der Waals surface area (Å²) in [6, 6.07) is 12.6. The Morgan fingerprint density at radius 2 is 1.76 bits per heavy atom. The minimum absolute atomic E-state index is 0.0903. The van der Waals surface area contributed by atoms with E-state index in [1.165, 1.54) is 28.6 Å². The Kier molecular flexibility index (Phi) is 4.93. The van der Waals surface area contributed by atoms with Crippen LogP contribution in [0.2, 0.25) is 0 Å². The molecule has 29 heavy (non-hydrogen) atoms. The smallest absolute Gasteiger partial charge is 0.259 e. The second-order valence-corrected chi connectivity index (χ2v) is 8.99. The molecule has 8 nitrogen and oxygen atoms in total. The molecule has 0 saturated carbocycles. The van der Waals surface area contributed by atoms with Gasteiger partial charge in [-0.2, -0.15) is 4.31 Å². The summed E-state index contributed by atoms with van der Waals surface area (Å²) in [4.78, 5) is 36.3. The first-order valence-corrected chi connectivity index (χ1v) is 10.7. The van der Waals surface area contributed by atoms with Gasteiger partial charge in [-0.05, 0) is 43.2 Å². The van der Waals surface area contributed by atoms with Gasteiger partial charge >= 0.3 is 0 Å². The minimum atomic E-state index is -3.66. The SMILES string of the molecule is O=C1NC(=O)c2cc(NC(=O)C3CCCN(S(=O)(=O)c4ccccc4)C3)ccc21. The second-order valence-electron chi connectivity index (χ2n) is 7.05. The Morgan fingerprint density at radius 3 is 2.52 bits per heavy atom. The van der Waals surface area contributed by atoms with Crippen molar-refractivity contribution in [2.75, 3.05) is 18.4 Å². The van der Waals surface area contributed by atoms with Crippen LogP contribution in [0.25, 0.3) is 0 Å². The molecule has 4 rings (SSSR count). The quantitative estimate of drug-likeness (QED) is 0.740.